The lowest BCUT2D eigenvalue weighted by atomic mass is 10.5. The van der Waals surface area contributed by atoms with Gasteiger partial charge in [0.05, 0.1) is 6.54 Å². The van der Waals surface area contributed by atoms with Crippen molar-refractivity contribution in [3.05, 3.63) is 11.3 Å². The third-order valence-corrected chi connectivity index (χ3v) is 1.73. The molecular formula is C5H5N5OS. The van der Waals surface area contributed by atoms with Crippen molar-refractivity contribution in [3.8, 4) is 11.6 Å². The van der Waals surface area contributed by atoms with Crippen LogP contribution in [0.4, 0.5) is 0 Å². The quantitative estimate of drug-likeness (QED) is 0.707. The van der Waals surface area contributed by atoms with Crippen LogP contribution in [0.15, 0.2) is 9.80 Å². The lowest BCUT2D eigenvalue weighted by molar-refractivity contribution is 0.507. The lowest BCUT2D eigenvalue weighted by Gasteiger charge is -1.82. The molecule has 0 saturated carbocycles. The highest BCUT2D eigenvalue weighted by Crippen LogP contribution is 2.14. The highest BCUT2D eigenvalue weighted by atomic mass is 32.1. The summed E-state index contributed by atoms with van der Waals surface area (Å²) in [7, 11) is 0. The van der Waals surface area contributed by atoms with Crippen LogP contribution < -0.4 is 5.73 Å². The molecule has 2 aromatic rings. The summed E-state index contributed by atoms with van der Waals surface area (Å²) in [5.74, 6) is 0.766. The Bertz CT molecular complexity index is 356. The minimum absolute atomic E-state index is 0.241. The van der Waals surface area contributed by atoms with Gasteiger partial charge in [-0.3, -0.25) is 0 Å². The maximum absolute atomic E-state index is 5.29. The second kappa shape index (κ2) is 2.95. The third kappa shape index (κ3) is 1.19. The van der Waals surface area contributed by atoms with Crippen molar-refractivity contribution in [1.82, 2.24) is 19.8 Å². The number of aromatic nitrogens is 4. The van der Waals surface area contributed by atoms with E-state index in [-0.39, 0.29) is 6.54 Å². The number of rotatable bonds is 2. The molecule has 0 radical (unpaired) electrons. The van der Waals surface area contributed by atoms with Gasteiger partial charge in [0, 0.05) is 5.38 Å². The van der Waals surface area contributed by atoms with Crippen molar-refractivity contribution in [1.29, 1.82) is 0 Å². The van der Waals surface area contributed by atoms with Crippen molar-refractivity contribution >= 4 is 11.5 Å². The molecule has 0 amide bonds. The predicted octanol–water partition coefficient (Wildman–Crippen LogP) is 0.0468. The van der Waals surface area contributed by atoms with Gasteiger partial charge in [-0.15, -0.1) is 15.3 Å². The van der Waals surface area contributed by atoms with E-state index in [0.717, 1.165) is 0 Å². The van der Waals surface area contributed by atoms with E-state index in [1.54, 1.807) is 5.38 Å². The third-order valence-electron chi connectivity index (χ3n) is 1.22. The first-order chi connectivity index (χ1) is 5.90. The Hall–Kier alpha value is -1.34. The Kier molecular flexibility index (Phi) is 1.80. The summed E-state index contributed by atoms with van der Waals surface area (Å²) in [5.41, 5.74) is 5.88. The van der Waals surface area contributed by atoms with Crippen molar-refractivity contribution in [3.63, 3.8) is 0 Å². The van der Waals surface area contributed by atoms with Crippen LogP contribution in [-0.4, -0.2) is 19.8 Å². The Morgan fingerprint density at radius 1 is 1.42 bits per heavy atom. The number of nitrogens with two attached hydrogens (primary N) is 1. The number of hydrogen-bond acceptors (Lipinski definition) is 7. The molecule has 2 N–H and O–H groups in total. The van der Waals surface area contributed by atoms with Crippen LogP contribution in [-0.2, 0) is 6.54 Å². The highest BCUT2D eigenvalue weighted by Gasteiger charge is 2.08. The monoisotopic (exact) mass is 183 g/mol. The molecule has 0 fully saturated rings. The highest BCUT2D eigenvalue weighted by molar-refractivity contribution is 7.03. The van der Waals surface area contributed by atoms with Gasteiger partial charge in [0.1, 0.15) is 0 Å². The summed E-state index contributed by atoms with van der Waals surface area (Å²) in [6.07, 6.45) is 0. The number of nitrogens with zero attached hydrogens (tertiary/aromatic N) is 4. The number of hydrogen-bond donors (Lipinski definition) is 1. The fourth-order valence-corrected chi connectivity index (χ4v) is 1.13. The molecule has 62 valence electrons. The molecule has 0 aromatic carbocycles. The average molecular weight is 183 g/mol. The molecule has 12 heavy (non-hydrogen) atoms. The van der Waals surface area contributed by atoms with E-state index >= 15 is 0 Å². The minimum Gasteiger partial charge on any atom is -0.418 e. The maximum Gasteiger partial charge on any atom is 0.269 e. The Labute approximate surface area is 71.6 Å². The SMILES string of the molecule is NCc1nnc(-c2csnn2)o1. The minimum atomic E-state index is 0.241. The zero-order chi connectivity index (χ0) is 8.39. The van der Waals surface area contributed by atoms with Crippen molar-refractivity contribution in [2.45, 2.75) is 6.54 Å². The van der Waals surface area contributed by atoms with Gasteiger partial charge >= 0.3 is 0 Å². The van der Waals surface area contributed by atoms with Crippen LogP contribution in [0.25, 0.3) is 11.6 Å². The van der Waals surface area contributed by atoms with Crippen molar-refractivity contribution in [2.75, 3.05) is 0 Å². The molecule has 0 spiro atoms. The second-order valence-corrected chi connectivity index (χ2v) is 2.61. The molecular weight excluding hydrogens is 178 g/mol. The van der Waals surface area contributed by atoms with Crippen LogP contribution in [0.3, 0.4) is 0 Å². The van der Waals surface area contributed by atoms with Crippen LogP contribution in [0, 0.1) is 0 Å². The van der Waals surface area contributed by atoms with Crippen LogP contribution >= 0.6 is 11.5 Å². The maximum atomic E-state index is 5.29. The average Bonchev–Trinajstić information content (AvgIpc) is 2.75. The molecule has 2 aromatic heterocycles. The predicted molar refractivity (Wildman–Crippen MR) is 41.1 cm³/mol. The van der Waals surface area contributed by atoms with E-state index < -0.39 is 0 Å². The molecule has 0 bridgehead atoms. The zero-order valence-electron chi connectivity index (χ0n) is 5.97. The first kappa shape index (κ1) is 7.32. The van der Waals surface area contributed by atoms with E-state index in [1.165, 1.54) is 11.5 Å². The Morgan fingerprint density at radius 3 is 2.92 bits per heavy atom. The molecule has 0 aliphatic carbocycles. The van der Waals surface area contributed by atoms with Gasteiger partial charge in [0.2, 0.25) is 5.89 Å². The van der Waals surface area contributed by atoms with Gasteiger partial charge in [-0.2, -0.15) is 0 Å². The topological polar surface area (TPSA) is 90.7 Å². The van der Waals surface area contributed by atoms with E-state index in [9.17, 15) is 0 Å². The van der Waals surface area contributed by atoms with Crippen LogP contribution in [0.5, 0.6) is 0 Å². The summed E-state index contributed by atoms with van der Waals surface area (Å²) in [6, 6.07) is 0. The van der Waals surface area contributed by atoms with E-state index in [2.05, 4.69) is 19.8 Å². The van der Waals surface area contributed by atoms with Crippen LogP contribution in [0.2, 0.25) is 0 Å². The smallest absolute Gasteiger partial charge is 0.269 e. The molecule has 7 heteroatoms. The first-order valence-electron chi connectivity index (χ1n) is 3.20. The van der Waals surface area contributed by atoms with Gasteiger partial charge in [0.15, 0.2) is 5.69 Å². The summed E-state index contributed by atoms with van der Waals surface area (Å²) in [5, 5.41) is 12.9. The van der Waals surface area contributed by atoms with Gasteiger partial charge in [0.25, 0.3) is 5.89 Å². The van der Waals surface area contributed by atoms with Gasteiger partial charge < -0.3 is 10.2 Å². The summed E-state index contributed by atoms with van der Waals surface area (Å²) < 4.78 is 8.80. The molecule has 6 nitrogen and oxygen atoms in total. The first-order valence-corrected chi connectivity index (χ1v) is 4.03. The van der Waals surface area contributed by atoms with E-state index in [1.807, 2.05) is 0 Å². The molecule has 0 unspecified atom stereocenters. The zero-order valence-corrected chi connectivity index (χ0v) is 6.78. The van der Waals surface area contributed by atoms with Crippen LogP contribution in [0.1, 0.15) is 5.89 Å². The normalized spacial score (nSPS) is 10.4. The van der Waals surface area contributed by atoms with Gasteiger partial charge in [-0.05, 0) is 11.5 Å². The standard InChI is InChI=1S/C5H5N5OS/c6-1-4-8-9-5(11-4)3-2-12-10-7-3/h2H,1,6H2. The largest absolute Gasteiger partial charge is 0.418 e. The van der Waals surface area contributed by atoms with Crippen molar-refractivity contribution in [2.24, 2.45) is 5.73 Å². The van der Waals surface area contributed by atoms with E-state index in [4.69, 9.17) is 10.2 Å². The summed E-state index contributed by atoms with van der Waals surface area (Å²) >= 11 is 1.23. The molecule has 0 aliphatic rings. The summed E-state index contributed by atoms with van der Waals surface area (Å²) in [4.78, 5) is 0. The molecule has 0 saturated heterocycles. The van der Waals surface area contributed by atoms with E-state index in [0.29, 0.717) is 17.5 Å². The Balaban J connectivity index is 2.35. The second-order valence-electron chi connectivity index (χ2n) is 2.00. The van der Waals surface area contributed by atoms with Crippen molar-refractivity contribution < 1.29 is 4.42 Å². The summed E-state index contributed by atoms with van der Waals surface area (Å²) in [6.45, 7) is 0.241. The fourth-order valence-electron chi connectivity index (χ4n) is 0.697. The molecule has 2 rings (SSSR count). The Morgan fingerprint density at radius 2 is 2.33 bits per heavy atom. The lowest BCUT2D eigenvalue weighted by Crippen LogP contribution is -1.95. The molecule has 0 aliphatic heterocycles. The molecule has 2 heterocycles. The fraction of sp³-hybridized carbons (Fsp3) is 0.200. The molecule has 0 atom stereocenters. The van der Waals surface area contributed by atoms with Gasteiger partial charge in [-0.25, -0.2) is 0 Å². The van der Waals surface area contributed by atoms with Gasteiger partial charge in [-0.1, -0.05) is 4.49 Å².